The Bertz CT molecular complexity index is 1090. The van der Waals surface area contributed by atoms with E-state index in [0.29, 0.717) is 19.5 Å². The number of nitrogens with one attached hydrogen (secondary N) is 1. The minimum Gasteiger partial charge on any atom is -0.480 e. The van der Waals surface area contributed by atoms with Gasteiger partial charge in [-0.3, -0.25) is 4.79 Å². The molecule has 2 heterocycles. The molecule has 1 fully saturated rings. The fourth-order valence-electron chi connectivity index (χ4n) is 3.19. The molecule has 15 heteroatoms. The van der Waals surface area contributed by atoms with Gasteiger partial charge in [0.2, 0.25) is 10.0 Å². The lowest BCUT2D eigenvalue weighted by atomic mass is 10.00. The molecular formula is C19H22F4N4O6S. The van der Waals surface area contributed by atoms with Crippen molar-refractivity contribution in [2.45, 2.75) is 23.9 Å². The molecule has 0 amide bonds. The molecule has 1 saturated heterocycles. The van der Waals surface area contributed by atoms with Crippen molar-refractivity contribution in [1.82, 2.24) is 19.4 Å². The Kier molecular flexibility index (Phi) is 9.12. The first kappa shape index (κ1) is 27.2. The van der Waals surface area contributed by atoms with E-state index >= 15 is 0 Å². The molecule has 1 aromatic heterocycles. The van der Waals surface area contributed by atoms with E-state index < -0.39 is 34.0 Å². The van der Waals surface area contributed by atoms with Gasteiger partial charge in [-0.25, -0.2) is 22.3 Å². The molecule has 0 radical (unpaired) electrons. The fraction of sp³-hybridized carbons (Fsp3) is 0.421. The first-order valence-electron chi connectivity index (χ1n) is 9.84. The molecule has 1 atom stereocenters. The highest BCUT2D eigenvalue weighted by Gasteiger charge is 2.38. The van der Waals surface area contributed by atoms with Gasteiger partial charge in [0.25, 0.3) is 0 Å². The molecule has 0 spiro atoms. The van der Waals surface area contributed by atoms with Gasteiger partial charge in [0.15, 0.2) is 0 Å². The van der Waals surface area contributed by atoms with Crippen LogP contribution >= 0.6 is 0 Å². The molecule has 1 unspecified atom stereocenters. The lowest BCUT2D eigenvalue weighted by molar-refractivity contribution is -0.192. The third-order valence-electron chi connectivity index (χ3n) is 4.74. The molecule has 1 aliphatic heterocycles. The number of piperidine rings is 1. The Morgan fingerprint density at radius 3 is 2.44 bits per heavy atom. The summed E-state index contributed by atoms with van der Waals surface area (Å²) >= 11 is 0. The number of carbonyl (C=O) groups is 2. The zero-order valence-corrected chi connectivity index (χ0v) is 18.4. The number of carboxylic acid groups (broad SMARTS) is 2. The number of aliphatic carboxylic acids is 2. The van der Waals surface area contributed by atoms with Crippen molar-refractivity contribution >= 4 is 22.0 Å². The zero-order valence-electron chi connectivity index (χ0n) is 17.6. The van der Waals surface area contributed by atoms with Crippen LogP contribution in [0.1, 0.15) is 12.8 Å². The van der Waals surface area contributed by atoms with Crippen LogP contribution in [0.3, 0.4) is 0 Å². The Morgan fingerprint density at radius 1 is 1.24 bits per heavy atom. The summed E-state index contributed by atoms with van der Waals surface area (Å²) in [5, 5.41) is 22.6. The van der Waals surface area contributed by atoms with Crippen LogP contribution in [0, 0.1) is 11.7 Å². The first-order chi connectivity index (χ1) is 15.8. The molecule has 3 rings (SSSR count). The van der Waals surface area contributed by atoms with Gasteiger partial charge in [0, 0.05) is 25.5 Å². The van der Waals surface area contributed by atoms with Crippen LogP contribution in [0.25, 0.3) is 5.69 Å². The van der Waals surface area contributed by atoms with E-state index in [1.165, 1.54) is 27.3 Å². The van der Waals surface area contributed by atoms with Gasteiger partial charge in [-0.05, 0) is 49.6 Å². The third-order valence-corrected chi connectivity index (χ3v) is 6.60. The van der Waals surface area contributed by atoms with Gasteiger partial charge >= 0.3 is 18.1 Å². The summed E-state index contributed by atoms with van der Waals surface area (Å²) in [6.45, 7) is 0.895. The third kappa shape index (κ3) is 7.50. The summed E-state index contributed by atoms with van der Waals surface area (Å²) < 4.78 is 74.6. The van der Waals surface area contributed by atoms with Crippen LogP contribution in [0.2, 0.25) is 0 Å². The van der Waals surface area contributed by atoms with E-state index in [0.717, 1.165) is 12.5 Å². The van der Waals surface area contributed by atoms with E-state index in [9.17, 15) is 30.8 Å². The van der Waals surface area contributed by atoms with E-state index in [2.05, 4.69) is 10.4 Å². The van der Waals surface area contributed by atoms with Crippen molar-refractivity contribution in [2.24, 2.45) is 5.92 Å². The molecule has 1 aliphatic rings. The van der Waals surface area contributed by atoms with Gasteiger partial charge in [0.05, 0.1) is 11.4 Å². The van der Waals surface area contributed by atoms with Crippen LogP contribution in [0.5, 0.6) is 0 Å². The van der Waals surface area contributed by atoms with Crippen molar-refractivity contribution in [2.75, 3.05) is 26.2 Å². The highest BCUT2D eigenvalue weighted by atomic mass is 32.2. The Balaban J connectivity index is 0.000000509. The first-order valence-corrected chi connectivity index (χ1v) is 11.3. The monoisotopic (exact) mass is 510 g/mol. The fourth-order valence-corrected chi connectivity index (χ4v) is 4.76. The maximum absolute atomic E-state index is 14.4. The summed E-state index contributed by atoms with van der Waals surface area (Å²) in [6.07, 6.45) is -0.514. The zero-order chi connectivity index (χ0) is 25.5. The SMILES string of the molecule is O=C(O)C(F)(F)F.O=C(O)CNCC1CCCN(S(=O)(=O)c2ccc(-n3cccn3)c(F)c2)C1. The molecular weight excluding hydrogens is 488 g/mol. The highest BCUT2D eigenvalue weighted by Crippen LogP contribution is 2.25. The minimum atomic E-state index is -5.08. The molecule has 0 bridgehead atoms. The molecule has 0 aliphatic carbocycles. The summed E-state index contributed by atoms with van der Waals surface area (Å²) in [4.78, 5) is 19.4. The highest BCUT2D eigenvalue weighted by molar-refractivity contribution is 7.89. The van der Waals surface area contributed by atoms with Crippen molar-refractivity contribution < 1.29 is 45.8 Å². The normalized spacial score (nSPS) is 17.0. The average Bonchev–Trinajstić information content (AvgIpc) is 3.28. The molecule has 0 saturated carbocycles. The smallest absolute Gasteiger partial charge is 0.480 e. The van der Waals surface area contributed by atoms with Gasteiger partial charge in [0.1, 0.15) is 11.5 Å². The van der Waals surface area contributed by atoms with Crippen LogP contribution < -0.4 is 5.32 Å². The van der Waals surface area contributed by atoms with Crippen molar-refractivity contribution in [3.8, 4) is 5.69 Å². The van der Waals surface area contributed by atoms with E-state index in [1.807, 2.05) is 0 Å². The second-order valence-corrected chi connectivity index (χ2v) is 9.20. The number of halogens is 4. The van der Waals surface area contributed by atoms with Gasteiger partial charge in [-0.15, -0.1) is 0 Å². The van der Waals surface area contributed by atoms with Gasteiger partial charge < -0.3 is 15.5 Å². The summed E-state index contributed by atoms with van der Waals surface area (Å²) in [5.41, 5.74) is 0.174. The standard InChI is InChI=1S/C17H21FN4O4S.C2HF3O2/c18-15-9-14(4-5-16(15)22-8-2-6-20-22)27(25,26)21-7-1-3-13(12-21)10-19-11-17(23)24;3-2(4,5)1(6)7/h2,4-6,8-9,13,19H,1,3,7,10-12H2,(H,23,24);(H,6,7). The second-order valence-electron chi connectivity index (χ2n) is 7.26. The van der Waals surface area contributed by atoms with Gasteiger partial charge in [-0.2, -0.15) is 22.6 Å². The van der Waals surface area contributed by atoms with E-state index in [-0.39, 0.29) is 29.6 Å². The van der Waals surface area contributed by atoms with Crippen molar-refractivity contribution in [3.63, 3.8) is 0 Å². The molecule has 188 valence electrons. The van der Waals surface area contributed by atoms with Crippen molar-refractivity contribution in [1.29, 1.82) is 0 Å². The predicted molar refractivity (Wildman–Crippen MR) is 109 cm³/mol. The maximum Gasteiger partial charge on any atom is 0.490 e. The number of aromatic nitrogens is 2. The predicted octanol–water partition coefficient (Wildman–Crippen LogP) is 1.72. The van der Waals surface area contributed by atoms with Gasteiger partial charge in [-0.1, -0.05) is 0 Å². The largest absolute Gasteiger partial charge is 0.490 e. The van der Waals surface area contributed by atoms with E-state index in [1.54, 1.807) is 12.3 Å². The molecule has 10 nitrogen and oxygen atoms in total. The summed E-state index contributed by atoms with van der Waals surface area (Å²) in [5.74, 6) is -4.37. The number of carboxylic acids is 2. The lowest BCUT2D eigenvalue weighted by Gasteiger charge is -2.32. The Labute approximate surface area is 191 Å². The second kappa shape index (κ2) is 11.4. The average molecular weight is 510 g/mol. The molecule has 1 aromatic carbocycles. The Hall–Kier alpha value is -3.04. The van der Waals surface area contributed by atoms with Crippen molar-refractivity contribution in [3.05, 3.63) is 42.5 Å². The van der Waals surface area contributed by atoms with E-state index in [4.69, 9.17) is 15.0 Å². The molecule has 3 N–H and O–H groups in total. The molecule has 2 aromatic rings. The number of hydrogen-bond donors (Lipinski definition) is 3. The minimum absolute atomic E-state index is 0.0149. The van der Waals surface area contributed by atoms with Crippen LogP contribution in [0.15, 0.2) is 41.6 Å². The number of sulfonamides is 1. The Morgan fingerprint density at radius 2 is 1.91 bits per heavy atom. The summed E-state index contributed by atoms with van der Waals surface area (Å²) in [7, 11) is -3.82. The number of benzene rings is 1. The van der Waals surface area contributed by atoms with Crippen LogP contribution in [-0.2, 0) is 19.6 Å². The lowest BCUT2D eigenvalue weighted by Crippen LogP contribution is -2.43. The van der Waals surface area contributed by atoms with Crippen LogP contribution in [0.4, 0.5) is 17.6 Å². The maximum atomic E-state index is 14.4. The molecule has 34 heavy (non-hydrogen) atoms. The quantitative estimate of drug-likeness (QED) is 0.478. The summed E-state index contributed by atoms with van der Waals surface area (Å²) in [6, 6.07) is 5.43. The topological polar surface area (TPSA) is 142 Å². The number of rotatable bonds is 7. The number of nitrogens with zero attached hydrogens (tertiary/aromatic N) is 3. The number of alkyl halides is 3. The van der Waals surface area contributed by atoms with Crippen LogP contribution in [-0.4, -0.2) is 77.0 Å². The number of hydrogen-bond acceptors (Lipinski definition) is 6.